The van der Waals surface area contributed by atoms with E-state index in [1.165, 1.54) is 6.42 Å². The molecule has 76 valence electrons. The number of piperidine rings is 1. The van der Waals surface area contributed by atoms with Crippen molar-refractivity contribution in [2.24, 2.45) is 0 Å². The summed E-state index contributed by atoms with van der Waals surface area (Å²) in [4.78, 5) is 4.14. The van der Waals surface area contributed by atoms with Gasteiger partial charge < -0.3 is 10.1 Å². The third-order valence-electron chi connectivity index (χ3n) is 2.42. The summed E-state index contributed by atoms with van der Waals surface area (Å²) in [6.07, 6.45) is 4.47. The average Bonchev–Trinajstić information content (AvgIpc) is 2.19. The van der Waals surface area contributed by atoms with Gasteiger partial charge in [-0.2, -0.15) is 0 Å². The molecule has 1 aliphatic rings. The summed E-state index contributed by atoms with van der Waals surface area (Å²) in [5.41, 5.74) is 1.01. The molecule has 1 aromatic rings. The van der Waals surface area contributed by atoms with E-state index >= 15 is 0 Å². The third kappa shape index (κ3) is 2.45. The van der Waals surface area contributed by atoms with Gasteiger partial charge in [-0.25, -0.2) is 0 Å². The molecule has 1 atom stereocenters. The molecule has 3 nitrogen and oxygen atoms in total. The topological polar surface area (TPSA) is 34.1 Å². The minimum absolute atomic E-state index is 0.325. The van der Waals surface area contributed by atoms with Crippen LogP contribution in [0.2, 0.25) is 0 Å². The van der Waals surface area contributed by atoms with Crippen LogP contribution in [0.1, 0.15) is 18.5 Å². The standard InChI is InChI=1S/C11H16N2O/c1-9-7-10(4-6-13-9)14-11-3-2-5-12-8-11/h4,6-7,11-12H,2-3,5,8H2,1H3. The molecule has 14 heavy (non-hydrogen) atoms. The van der Waals surface area contributed by atoms with Crippen LogP contribution in [0.25, 0.3) is 0 Å². The number of aromatic nitrogens is 1. The SMILES string of the molecule is Cc1cc(OC2CCCNC2)ccn1. The van der Waals surface area contributed by atoms with Crippen molar-refractivity contribution in [1.29, 1.82) is 0 Å². The summed E-state index contributed by atoms with van der Waals surface area (Å²) in [6.45, 7) is 4.06. The van der Waals surface area contributed by atoms with Crippen molar-refractivity contribution in [3.05, 3.63) is 24.0 Å². The van der Waals surface area contributed by atoms with Crippen molar-refractivity contribution in [2.45, 2.75) is 25.9 Å². The van der Waals surface area contributed by atoms with E-state index < -0.39 is 0 Å². The highest BCUT2D eigenvalue weighted by Gasteiger charge is 2.13. The molecule has 1 saturated heterocycles. The highest BCUT2D eigenvalue weighted by atomic mass is 16.5. The van der Waals surface area contributed by atoms with Gasteiger partial charge in [-0.05, 0) is 32.4 Å². The second kappa shape index (κ2) is 4.42. The lowest BCUT2D eigenvalue weighted by molar-refractivity contribution is 0.167. The van der Waals surface area contributed by atoms with Crippen LogP contribution in [-0.4, -0.2) is 24.2 Å². The van der Waals surface area contributed by atoms with Crippen molar-refractivity contribution >= 4 is 0 Å². The molecule has 0 saturated carbocycles. The van der Waals surface area contributed by atoms with Gasteiger partial charge in [0.15, 0.2) is 0 Å². The molecule has 0 spiro atoms. The average molecular weight is 192 g/mol. The maximum absolute atomic E-state index is 5.83. The number of nitrogens with zero attached hydrogens (tertiary/aromatic N) is 1. The van der Waals surface area contributed by atoms with Crippen molar-refractivity contribution in [3.63, 3.8) is 0 Å². The number of hydrogen-bond acceptors (Lipinski definition) is 3. The second-order valence-electron chi connectivity index (χ2n) is 3.72. The minimum Gasteiger partial charge on any atom is -0.489 e. The van der Waals surface area contributed by atoms with Gasteiger partial charge in [0, 0.05) is 24.5 Å². The van der Waals surface area contributed by atoms with Gasteiger partial charge in [-0.1, -0.05) is 0 Å². The van der Waals surface area contributed by atoms with E-state index in [9.17, 15) is 0 Å². The van der Waals surface area contributed by atoms with E-state index in [0.29, 0.717) is 6.10 Å². The fraction of sp³-hybridized carbons (Fsp3) is 0.545. The van der Waals surface area contributed by atoms with Gasteiger partial charge in [0.2, 0.25) is 0 Å². The molecule has 3 heteroatoms. The zero-order valence-electron chi connectivity index (χ0n) is 8.49. The van der Waals surface area contributed by atoms with Crippen LogP contribution >= 0.6 is 0 Å². The summed E-state index contributed by atoms with van der Waals surface area (Å²) in [5, 5.41) is 3.33. The van der Waals surface area contributed by atoms with Gasteiger partial charge in [-0.3, -0.25) is 4.98 Å². The minimum atomic E-state index is 0.325. The van der Waals surface area contributed by atoms with Gasteiger partial charge in [-0.15, -0.1) is 0 Å². The Labute approximate surface area is 84.5 Å². The maximum atomic E-state index is 5.83. The summed E-state index contributed by atoms with van der Waals surface area (Å²) in [6, 6.07) is 3.90. The Morgan fingerprint density at radius 1 is 1.57 bits per heavy atom. The summed E-state index contributed by atoms with van der Waals surface area (Å²) >= 11 is 0. The Morgan fingerprint density at radius 3 is 3.21 bits per heavy atom. The molecule has 2 heterocycles. The molecule has 1 fully saturated rings. The zero-order valence-corrected chi connectivity index (χ0v) is 8.49. The quantitative estimate of drug-likeness (QED) is 0.771. The number of aryl methyl sites for hydroxylation is 1. The second-order valence-corrected chi connectivity index (χ2v) is 3.72. The first-order chi connectivity index (χ1) is 6.84. The Hall–Kier alpha value is -1.09. The largest absolute Gasteiger partial charge is 0.489 e. The lowest BCUT2D eigenvalue weighted by atomic mass is 10.1. The van der Waals surface area contributed by atoms with E-state index in [1.54, 1.807) is 6.20 Å². The molecular weight excluding hydrogens is 176 g/mol. The van der Waals surface area contributed by atoms with E-state index in [4.69, 9.17) is 4.74 Å². The van der Waals surface area contributed by atoms with Crippen LogP contribution in [-0.2, 0) is 0 Å². The molecule has 1 aromatic heterocycles. The maximum Gasteiger partial charge on any atom is 0.123 e. The molecule has 0 amide bonds. The molecular formula is C11H16N2O. The number of pyridine rings is 1. The van der Waals surface area contributed by atoms with E-state index in [-0.39, 0.29) is 0 Å². The molecule has 0 aromatic carbocycles. The highest BCUT2D eigenvalue weighted by molar-refractivity contribution is 5.22. The normalized spacial score (nSPS) is 21.9. The number of nitrogens with one attached hydrogen (secondary N) is 1. The van der Waals surface area contributed by atoms with Gasteiger partial charge >= 0.3 is 0 Å². The number of rotatable bonds is 2. The first kappa shape index (κ1) is 9.46. The summed E-state index contributed by atoms with van der Waals surface area (Å²) in [7, 11) is 0. The predicted octanol–water partition coefficient (Wildman–Crippen LogP) is 1.52. The number of hydrogen-bond donors (Lipinski definition) is 1. The Bertz CT molecular complexity index is 295. The van der Waals surface area contributed by atoms with Crippen LogP contribution < -0.4 is 10.1 Å². The smallest absolute Gasteiger partial charge is 0.123 e. The summed E-state index contributed by atoms with van der Waals surface area (Å²) in [5.74, 6) is 0.936. The highest BCUT2D eigenvalue weighted by Crippen LogP contribution is 2.15. The van der Waals surface area contributed by atoms with Crippen molar-refractivity contribution < 1.29 is 4.74 Å². The zero-order chi connectivity index (χ0) is 9.80. The van der Waals surface area contributed by atoms with E-state index in [2.05, 4.69) is 10.3 Å². The Morgan fingerprint density at radius 2 is 2.50 bits per heavy atom. The predicted molar refractivity (Wildman–Crippen MR) is 55.5 cm³/mol. The van der Waals surface area contributed by atoms with Gasteiger partial charge in [0.05, 0.1) is 0 Å². The molecule has 0 aliphatic carbocycles. The Balaban J connectivity index is 1.95. The van der Waals surface area contributed by atoms with E-state index in [1.807, 2.05) is 19.1 Å². The van der Waals surface area contributed by atoms with Crippen molar-refractivity contribution in [3.8, 4) is 5.75 Å². The first-order valence-electron chi connectivity index (χ1n) is 5.14. The molecule has 1 unspecified atom stereocenters. The van der Waals surface area contributed by atoms with Crippen LogP contribution in [0, 0.1) is 6.92 Å². The lowest BCUT2D eigenvalue weighted by Crippen LogP contribution is -2.37. The number of ether oxygens (including phenoxy) is 1. The summed E-state index contributed by atoms with van der Waals surface area (Å²) < 4.78 is 5.83. The van der Waals surface area contributed by atoms with Crippen LogP contribution in [0.3, 0.4) is 0 Å². The third-order valence-corrected chi connectivity index (χ3v) is 2.42. The monoisotopic (exact) mass is 192 g/mol. The molecule has 1 N–H and O–H groups in total. The Kier molecular flexibility index (Phi) is 2.99. The molecule has 0 radical (unpaired) electrons. The van der Waals surface area contributed by atoms with Crippen molar-refractivity contribution in [1.82, 2.24) is 10.3 Å². The molecule has 0 bridgehead atoms. The first-order valence-corrected chi connectivity index (χ1v) is 5.14. The molecule has 2 rings (SSSR count). The van der Waals surface area contributed by atoms with E-state index in [0.717, 1.165) is 31.0 Å². The van der Waals surface area contributed by atoms with Crippen LogP contribution in [0.15, 0.2) is 18.3 Å². The fourth-order valence-corrected chi connectivity index (χ4v) is 1.71. The van der Waals surface area contributed by atoms with Gasteiger partial charge in [0.1, 0.15) is 11.9 Å². The fourth-order valence-electron chi connectivity index (χ4n) is 1.71. The van der Waals surface area contributed by atoms with Crippen molar-refractivity contribution in [2.75, 3.05) is 13.1 Å². The lowest BCUT2D eigenvalue weighted by Gasteiger charge is -2.23. The van der Waals surface area contributed by atoms with Crippen LogP contribution in [0.5, 0.6) is 5.75 Å². The van der Waals surface area contributed by atoms with Crippen LogP contribution in [0.4, 0.5) is 0 Å². The molecule has 1 aliphatic heterocycles. The van der Waals surface area contributed by atoms with Gasteiger partial charge in [0.25, 0.3) is 0 Å².